The van der Waals surface area contributed by atoms with Crippen LogP contribution in [0.5, 0.6) is 0 Å². The van der Waals surface area contributed by atoms with Crippen LogP contribution in [0, 0.1) is 11.3 Å². The Labute approximate surface area is 113 Å². The van der Waals surface area contributed by atoms with Crippen LogP contribution in [-0.2, 0) is 4.79 Å². The summed E-state index contributed by atoms with van der Waals surface area (Å²) in [5, 5.41) is 12.1. The maximum Gasteiger partial charge on any atom is 0.242 e. The maximum atomic E-state index is 12.1. The van der Waals surface area contributed by atoms with Crippen LogP contribution in [-0.4, -0.2) is 24.0 Å². The van der Waals surface area contributed by atoms with E-state index in [0.29, 0.717) is 0 Å². The fraction of sp³-hybridized carbons (Fsp3) is 0.429. The zero-order valence-electron chi connectivity index (χ0n) is 10.7. The fourth-order valence-electron chi connectivity index (χ4n) is 1.68. The van der Waals surface area contributed by atoms with Crippen LogP contribution in [0.1, 0.15) is 24.8 Å². The van der Waals surface area contributed by atoms with Crippen LogP contribution < -0.4 is 5.32 Å². The van der Waals surface area contributed by atoms with Crippen molar-refractivity contribution < 1.29 is 4.79 Å². The lowest BCUT2D eigenvalue weighted by Gasteiger charge is -2.18. The number of nitrogens with zero attached hydrogens (tertiary/aromatic N) is 1. The van der Waals surface area contributed by atoms with Gasteiger partial charge in [-0.05, 0) is 18.2 Å². The predicted octanol–water partition coefficient (Wildman–Crippen LogP) is 2.55. The Bertz CT molecular complexity index is 414. The van der Waals surface area contributed by atoms with Crippen molar-refractivity contribution in [1.29, 1.82) is 5.26 Å². The molecule has 1 amide bonds. The van der Waals surface area contributed by atoms with E-state index in [1.54, 1.807) is 11.8 Å². The van der Waals surface area contributed by atoms with Gasteiger partial charge in [-0.1, -0.05) is 37.3 Å². The zero-order valence-corrected chi connectivity index (χ0v) is 11.5. The van der Waals surface area contributed by atoms with Crippen LogP contribution in [0.25, 0.3) is 0 Å². The quantitative estimate of drug-likeness (QED) is 0.857. The number of hydrogen-bond donors (Lipinski definition) is 1. The van der Waals surface area contributed by atoms with Crippen molar-refractivity contribution in [3.05, 3.63) is 35.9 Å². The van der Waals surface area contributed by atoms with E-state index < -0.39 is 5.92 Å². The van der Waals surface area contributed by atoms with Crippen LogP contribution in [0.4, 0.5) is 0 Å². The van der Waals surface area contributed by atoms with Gasteiger partial charge in [0.05, 0.1) is 6.07 Å². The van der Waals surface area contributed by atoms with E-state index in [1.807, 2.05) is 43.5 Å². The molecule has 2 atom stereocenters. The summed E-state index contributed by atoms with van der Waals surface area (Å²) in [4.78, 5) is 12.1. The van der Waals surface area contributed by atoms with Gasteiger partial charge < -0.3 is 5.32 Å². The number of nitriles is 1. The Hall–Kier alpha value is -1.47. The molecule has 1 N–H and O–H groups in total. The largest absolute Gasteiger partial charge is 0.351 e. The molecule has 0 aliphatic rings. The second-order valence-corrected chi connectivity index (χ2v) is 4.95. The molecule has 0 aliphatic heterocycles. The normalized spacial score (nSPS) is 13.4. The number of nitrogens with one attached hydrogen (secondary N) is 1. The summed E-state index contributed by atoms with van der Waals surface area (Å²) in [5.74, 6) is -0.0541. The number of rotatable bonds is 6. The van der Waals surface area contributed by atoms with Crippen molar-refractivity contribution >= 4 is 17.7 Å². The molecule has 2 unspecified atom stereocenters. The summed E-state index contributed by atoms with van der Waals surface area (Å²) in [6.45, 7) is 2.03. The van der Waals surface area contributed by atoms with Crippen LogP contribution in [0.2, 0.25) is 0 Å². The Balaban J connectivity index is 2.72. The van der Waals surface area contributed by atoms with Crippen molar-refractivity contribution in [2.45, 2.75) is 25.3 Å². The second kappa shape index (κ2) is 7.78. The SMILES string of the molecule is CCC(CSC)NC(=O)C(C#N)c1ccccc1. The smallest absolute Gasteiger partial charge is 0.242 e. The van der Waals surface area contributed by atoms with Gasteiger partial charge in [-0.25, -0.2) is 0 Å². The molecule has 1 aromatic carbocycles. The molecule has 18 heavy (non-hydrogen) atoms. The molecule has 0 heterocycles. The molecule has 1 aromatic rings. The lowest BCUT2D eigenvalue weighted by molar-refractivity contribution is -0.122. The predicted molar refractivity (Wildman–Crippen MR) is 75.4 cm³/mol. The summed E-state index contributed by atoms with van der Waals surface area (Å²) in [7, 11) is 0. The Morgan fingerprint density at radius 2 is 2.11 bits per heavy atom. The Kier molecular flexibility index (Phi) is 6.31. The minimum Gasteiger partial charge on any atom is -0.351 e. The number of carbonyl (C=O) groups excluding carboxylic acids is 1. The number of amides is 1. The van der Waals surface area contributed by atoms with Crippen LogP contribution in [0.15, 0.2) is 30.3 Å². The first-order valence-corrected chi connectivity index (χ1v) is 7.36. The number of hydrogen-bond acceptors (Lipinski definition) is 3. The topological polar surface area (TPSA) is 52.9 Å². The molecule has 4 heteroatoms. The highest BCUT2D eigenvalue weighted by atomic mass is 32.2. The molecule has 96 valence electrons. The number of thioether (sulfide) groups is 1. The Morgan fingerprint density at radius 1 is 1.44 bits per heavy atom. The summed E-state index contributed by atoms with van der Waals surface area (Å²) in [6.07, 6.45) is 2.88. The molecule has 0 bridgehead atoms. The fourth-order valence-corrected chi connectivity index (χ4v) is 2.40. The van der Waals surface area contributed by atoms with Gasteiger partial charge in [-0.15, -0.1) is 0 Å². The maximum absolute atomic E-state index is 12.1. The molecule has 0 radical (unpaired) electrons. The Morgan fingerprint density at radius 3 is 2.61 bits per heavy atom. The molecule has 0 saturated heterocycles. The van der Waals surface area contributed by atoms with Crippen LogP contribution >= 0.6 is 11.8 Å². The van der Waals surface area contributed by atoms with E-state index in [-0.39, 0.29) is 11.9 Å². The van der Waals surface area contributed by atoms with E-state index in [2.05, 4.69) is 11.4 Å². The average Bonchev–Trinajstić information content (AvgIpc) is 2.40. The lowest BCUT2D eigenvalue weighted by atomic mass is 9.99. The van der Waals surface area contributed by atoms with Crippen molar-refractivity contribution in [1.82, 2.24) is 5.32 Å². The first-order valence-electron chi connectivity index (χ1n) is 5.96. The van der Waals surface area contributed by atoms with Gasteiger partial charge in [0.1, 0.15) is 5.92 Å². The number of carbonyl (C=O) groups is 1. The van der Waals surface area contributed by atoms with E-state index >= 15 is 0 Å². The third kappa shape index (κ3) is 4.08. The highest BCUT2D eigenvalue weighted by Crippen LogP contribution is 2.15. The van der Waals surface area contributed by atoms with Gasteiger partial charge in [0.2, 0.25) is 5.91 Å². The minimum atomic E-state index is -0.720. The summed E-state index contributed by atoms with van der Waals surface area (Å²) >= 11 is 1.69. The zero-order chi connectivity index (χ0) is 13.4. The number of benzene rings is 1. The van der Waals surface area contributed by atoms with Crippen molar-refractivity contribution in [3.63, 3.8) is 0 Å². The van der Waals surface area contributed by atoms with Crippen molar-refractivity contribution in [2.24, 2.45) is 0 Å². The summed E-state index contributed by atoms with van der Waals surface area (Å²) in [6, 6.07) is 11.4. The third-order valence-electron chi connectivity index (χ3n) is 2.73. The molecule has 0 aliphatic carbocycles. The van der Waals surface area contributed by atoms with E-state index in [0.717, 1.165) is 17.7 Å². The summed E-state index contributed by atoms with van der Waals surface area (Å²) in [5.41, 5.74) is 0.747. The molecular weight excluding hydrogens is 244 g/mol. The van der Waals surface area contributed by atoms with E-state index in [9.17, 15) is 4.79 Å². The molecule has 3 nitrogen and oxygen atoms in total. The van der Waals surface area contributed by atoms with Gasteiger partial charge >= 0.3 is 0 Å². The minimum absolute atomic E-state index is 0.132. The van der Waals surface area contributed by atoms with Gasteiger partial charge in [-0.2, -0.15) is 17.0 Å². The van der Waals surface area contributed by atoms with Gasteiger partial charge in [0.25, 0.3) is 0 Å². The highest BCUT2D eigenvalue weighted by molar-refractivity contribution is 7.98. The van der Waals surface area contributed by atoms with Gasteiger partial charge in [0, 0.05) is 11.8 Å². The molecule has 0 saturated carbocycles. The standard InChI is InChI=1S/C14H18N2OS/c1-3-12(10-18-2)16-14(17)13(9-15)11-7-5-4-6-8-11/h4-8,12-13H,3,10H2,1-2H3,(H,16,17). The third-order valence-corrected chi connectivity index (χ3v) is 3.47. The van der Waals surface area contributed by atoms with Gasteiger partial charge in [0.15, 0.2) is 0 Å². The van der Waals surface area contributed by atoms with Crippen molar-refractivity contribution in [2.75, 3.05) is 12.0 Å². The van der Waals surface area contributed by atoms with Gasteiger partial charge in [-0.3, -0.25) is 4.79 Å². The first kappa shape index (κ1) is 14.6. The first-order chi connectivity index (χ1) is 8.72. The lowest BCUT2D eigenvalue weighted by Crippen LogP contribution is -2.38. The van der Waals surface area contributed by atoms with Crippen molar-refractivity contribution in [3.8, 4) is 6.07 Å². The van der Waals surface area contributed by atoms with Crippen LogP contribution in [0.3, 0.4) is 0 Å². The molecule has 1 rings (SSSR count). The second-order valence-electron chi connectivity index (χ2n) is 4.04. The molecule has 0 aromatic heterocycles. The van der Waals surface area contributed by atoms with E-state index in [1.165, 1.54) is 0 Å². The summed E-state index contributed by atoms with van der Waals surface area (Å²) < 4.78 is 0. The monoisotopic (exact) mass is 262 g/mol. The average molecular weight is 262 g/mol. The molecule has 0 fully saturated rings. The highest BCUT2D eigenvalue weighted by Gasteiger charge is 2.21. The molecular formula is C14H18N2OS. The molecule has 0 spiro atoms. The van der Waals surface area contributed by atoms with E-state index in [4.69, 9.17) is 5.26 Å².